The van der Waals surface area contributed by atoms with Crippen LogP contribution in [-0.2, 0) is 10.2 Å². The van der Waals surface area contributed by atoms with Crippen molar-refractivity contribution in [1.29, 1.82) is 5.26 Å². The lowest BCUT2D eigenvalue weighted by Gasteiger charge is -2.31. The van der Waals surface area contributed by atoms with Crippen LogP contribution >= 0.6 is 0 Å². The molecule has 0 aromatic heterocycles. The number of hydrogen-bond acceptors (Lipinski definition) is 2. The molecular formula is C19H19NO. The molecular weight excluding hydrogens is 258 g/mol. The highest BCUT2D eigenvalue weighted by molar-refractivity contribution is 5.44. The van der Waals surface area contributed by atoms with Crippen molar-refractivity contribution < 1.29 is 4.74 Å². The molecule has 21 heavy (non-hydrogen) atoms. The molecule has 0 radical (unpaired) electrons. The number of methoxy groups -OCH3 is 1. The second-order valence-corrected chi connectivity index (χ2v) is 4.90. The Balaban J connectivity index is 2.59. The number of nitrogens with zero attached hydrogens (tertiary/aromatic N) is 1. The fourth-order valence-corrected chi connectivity index (χ4v) is 2.64. The highest BCUT2D eigenvalue weighted by Crippen LogP contribution is 2.38. The fourth-order valence-electron chi connectivity index (χ4n) is 2.64. The minimum atomic E-state index is -0.339. The van der Waals surface area contributed by atoms with E-state index < -0.39 is 0 Å². The molecule has 0 unspecified atom stereocenters. The van der Waals surface area contributed by atoms with Gasteiger partial charge in [-0.25, -0.2) is 0 Å². The quantitative estimate of drug-likeness (QED) is 0.731. The first-order valence-corrected chi connectivity index (χ1v) is 7.02. The predicted octanol–water partition coefficient (Wildman–Crippen LogP) is 4.44. The SMILES string of the molecule is COC=CC(CCC#N)(c1ccccc1)c1ccccc1. The molecule has 2 rings (SSSR count). The summed E-state index contributed by atoms with van der Waals surface area (Å²) in [5.41, 5.74) is 1.99. The predicted molar refractivity (Wildman–Crippen MR) is 84.7 cm³/mol. The summed E-state index contributed by atoms with van der Waals surface area (Å²) in [7, 11) is 1.64. The summed E-state index contributed by atoms with van der Waals surface area (Å²) >= 11 is 0. The number of rotatable bonds is 6. The van der Waals surface area contributed by atoms with E-state index in [2.05, 4.69) is 36.4 Å². The first kappa shape index (κ1) is 14.9. The molecule has 0 saturated carbocycles. The van der Waals surface area contributed by atoms with E-state index in [0.29, 0.717) is 6.42 Å². The van der Waals surface area contributed by atoms with Crippen LogP contribution in [0.3, 0.4) is 0 Å². The average molecular weight is 277 g/mol. The molecule has 106 valence electrons. The van der Waals surface area contributed by atoms with E-state index in [9.17, 15) is 0 Å². The van der Waals surface area contributed by atoms with Crippen LogP contribution in [0.4, 0.5) is 0 Å². The van der Waals surface area contributed by atoms with Gasteiger partial charge in [-0.2, -0.15) is 5.26 Å². The minimum absolute atomic E-state index is 0.339. The van der Waals surface area contributed by atoms with Gasteiger partial charge in [-0.1, -0.05) is 60.7 Å². The maximum absolute atomic E-state index is 9.04. The zero-order valence-corrected chi connectivity index (χ0v) is 12.2. The maximum atomic E-state index is 9.04. The third-order valence-corrected chi connectivity index (χ3v) is 3.70. The monoisotopic (exact) mass is 277 g/mol. The fraction of sp³-hybridized carbons (Fsp3) is 0.211. The van der Waals surface area contributed by atoms with Gasteiger partial charge in [0, 0.05) is 11.8 Å². The van der Waals surface area contributed by atoms with Gasteiger partial charge < -0.3 is 4.74 Å². The average Bonchev–Trinajstić information content (AvgIpc) is 2.57. The van der Waals surface area contributed by atoms with Crippen LogP contribution in [-0.4, -0.2) is 7.11 Å². The van der Waals surface area contributed by atoms with Gasteiger partial charge in [0.15, 0.2) is 0 Å². The smallest absolute Gasteiger partial charge is 0.0797 e. The molecule has 0 aliphatic rings. The lowest BCUT2D eigenvalue weighted by molar-refractivity contribution is 0.332. The van der Waals surface area contributed by atoms with Crippen molar-refractivity contribution >= 4 is 0 Å². The molecule has 0 bridgehead atoms. The van der Waals surface area contributed by atoms with Crippen LogP contribution in [0.2, 0.25) is 0 Å². The highest BCUT2D eigenvalue weighted by atomic mass is 16.5. The Hall–Kier alpha value is -2.53. The lowest BCUT2D eigenvalue weighted by atomic mass is 9.71. The van der Waals surface area contributed by atoms with Crippen molar-refractivity contribution in [2.75, 3.05) is 7.11 Å². The number of benzene rings is 2. The van der Waals surface area contributed by atoms with Crippen LogP contribution in [0, 0.1) is 11.3 Å². The van der Waals surface area contributed by atoms with Gasteiger partial charge in [0.1, 0.15) is 0 Å². The van der Waals surface area contributed by atoms with Crippen molar-refractivity contribution in [3.63, 3.8) is 0 Å². The summed E-state index contributed by atoms with van der Waals surface area (Å²) in [6, 6.07) is 22.8. The molecule has 2 nitrogen and oxygen atoms in total. The molecule has 2 heteroatoms. The van der Waals surface area contributed by atoms with E-state index >= 15 is 0 Å². The van der Waals surface area contributed by atoms with Crippen LogP contribution in [0.1, 0.15) is 24.0 Å². The molecule has 0 fully saturated rings. The second kappa shape index (κ2) is 7.31. The van der Waals surface area contributed by atoms with Crippen LogP contribution in [0.15, 0.2) is 73.0 Å². The minimum Gasteiger partial charge on any atom is -0.505 e. The van der Waals surface area contributed by atoms with E-state index in [-0.39, 0.29) is 5.41 Å². The van der Waals surface area contributed by atoms with E-state index in [1.54, 1.807) is 13.4 Å². The lowest BCUT2D eigenvalue weighted by Crippen LogP contribution is -2.25. The van der Waals surface area contributed by atoms with E-state index in [4.69, 9.17) is 10.00 Å². The summed E-state index contributed by atoms with van der Waals surface area (Å²) < 4.78 is 5.16. The van der Waals surface area contributed by atoms with Gasteiger partial charge in [0.05, 0.1) is 19.4 Å². The van der Waals surface area contributed by atoms with Crippen molar-refractivity contribution in [3.8, 4) is 6.07 Å². The van der Waals surface area contributed by atoms with Gasteiger partial charge in [-0.3, -0.25) is 0 Å². The Morgan fingerprint density at radius 3 is 1.95 bits per heavy atom. The summed E-state index contributed by atoms with van der Waals surface area (Å²) in [5, 5.41) is 9.04. The molecule has 0 spiro atoms. The zero-order valence-electron chi connectivity index (χ0n) is 12.2. The van der Waals surface area contributed by atoms with Gasteiger partial charge >= 0.3 is 0 Å². The van der Waals surface area contributed by atoms with Gasteiger partial charge in [-0.15, -0.1) is 0 Å². The Bertz CT molecular complexity index is 572. The van der Waals surface area contributed by atoms with E-state index in [0.717, 1.165) is 6.42 Å². The largest absolute Gasteiger partial charge is 0.505 e. The summed E-state index contributed by atoms with van der Waals surface area (Å²) in [5.74, 6) is 0. The van der Waals surface area contributed by atoms with Gasteiger partial charge in [-0.05, 0) is 23.6 Å². The molecule has 0 saturated heterocycles. The van der Waals surface area contributed by atoms with Crippen molar-refractivity contribution in [2.45, 2.75) is 18.3 Å². The molecule has 0 amide bonds. The molecule has 0 N–H and O–H groups in total. The van der Waals surface area contributed by atoms with E-state index in [1.807, 2.05) is 36.4 Å². The van der Waals surface area contributed by atoms with E-state index in [1.165, 1.54) is 11.1 Å². The molecule has 0 aliphatic heterocycles. The Morgan fingerprint density at radius 1 is 1.00 bits per heavy atom. The molecule has 0 atom stereocenters. The Morgan fingerprint density at radius 2 is 1.52 bits per heavy atom. The Labute approximate surface area is 126 Å². The Kier molecular flexibility index (Phi) is 5.17. The number of nitriles is 1. The molecule has 0 heterocycles. The van der Waals surface area contributed by atoms with Crippen LogP contribution in [0.5, 0.6) is 0 Å². The summed E-state index contributed by atoms with van der Waals surface area (Å²) in [6.45, 7) is 0. The first-order chi connectivity index (χ1) is 10.3. The van der Waals surface area contributed by atoms with Crippen LogP contribution in [0.25, 0.3) is 0 Å². The third-order valence-electron chi connectivity index (χ3n) is 3.70. The summed E-state index contributed by atoms with van der Waals surface area (Å²) in [6.07, 6.45) is 4.96. The van der Waals surface area contributed by atoms with Crippen molar-refractivity contribution in [1.82, 2.24) is 0 Å². The first-order valence-electron chi connectivity index (χ1n) is 7.02. The maximum Gasteiger partial charge on any atom is 0.0797 e. The number of ether oxygens (including phenoxy) is 1. The summed E-state index contributed by atoms with van der Waals surface area (Å²) in [4.78, 5) is 0. The third kappa shape index (κ3) is 3.32. The van der Waals surface area contributed by atoms with Crippen molar-refractivity contribution in [3.05, 3.63) is 84.1 Å². The van der Waals surface area contributed by atoms with Crippen LogP contribution < -0.4 is 0 Å². The van der Waals surface area contributed by atoms with Gasteiger partial charge in [0.2, 0.25) is 0 Å². The topological polar surface area (TPSA) is 33.0 Å². The zero-order chi connectivity index (χ0) is 15.0. The standard InChI is InChI=1S/C19H19NO/c1-21-16-14-19(13-8-15-20,17-9-4-2-5-10-17)18-11-6-3-7-12-18/h2-7,9-12,14,16H,8,13H2,1H3. The molecule has 2 aromatic rings. The van der Waals surface area contributed by atoms with Gasteiger partial charge in [0.25, 0.3) is 0 Å². The second-order valence-electron chi connectivity index (χ2n) is 4.90. The van der Waals surface area contributed by atoms with Crippen molar-refractivity contribution in [2.24, 2.45) is 0 Å². The normalized spacial score (nSPS) is 11.2. The highest BCUT2D eigenvalue weighted by Gasteiger charge is 2.31. The molecule has 2 aromatic carbocycles. The molecule has 0 aliphatic carbocycles. The number of hydrogen-bond donors (Lipinski definition) is 0. The number of allylic oxidation sites excluding steroid dienone is 1.